The van der Waals surface area contributed by atoms with Gasteiger partial charge in [0.15, 0.2) is 11.5 Å². The molecule has 146 valence electrons. The Morgan fingerprint density at radius 3 is 2.25 bits per heavy atom. The number of methoxy groups -OCH3 is 3. The van der Waals surface area contributed by atoms with Crippen LogP contribution in [-0.2, 0) is 16.1 Å². The van der Waals surface area contributed by atoms with E-state index in [1.807, 2.05) is 38.1 Å². The Balaban J connectivity index is 2.37. The van der Waals surface area contributed by atoms with Crippen molar-refractivity contribution in [2.75, 3.05) is 21.3 Å². The maximum Gasteiger partial charge on any atom is 0.348 e. The fourth-order valence-electron chi connectivity index (χ4n) is 2.74. The molecule has 2 aromatic carbocycles. The van der Waals surface area contributed by atoms with E-state index in [2.05, 4.69) is 4.74 Å². The highest BCUT2D eigenvalue weighted by molar-refractivity contribution is 5.98. The van der Waals surface area contributed by atoms with Gasteiger partial charge in [-0.2, -0.15) is 5.26 Å². The Labute approximate surface area is 164 Å². The number of aryl methyl sites for hydroxylation is 2. The van der Waals surface area contributed by atoms with E-state index in [0.717, 1.165) is 22.3 Å². The molecule has 0 unspecified atom stereocenters. The van der Waals surface area contributed by atoms with Crippen LogP contribution in [0.1, 0.15) is 22.3 Å². The van der Waals surface area contributed by atoms with Gasteiger partial charge in [0.05, 0.1) is 21.3 Å². The molecule has 2 rings (SSSR count). The number of hydrogen-bond acceptors (Lipinski definition) is 6. The van der Waals surface area contributed by atoms with Crippen molar-refractivity contribution < 1.29 is 23.7 Å². The van der Waals surface area contributed by atoms with E-state index in [9.17, 15) is 10.1 Å². The van der Waals surface area contributed by atoms with Gasteiger partial charge < -0.3 is 18.9 Å². The predicted octanol–water partition coefficient (Wildman–Crippen LogP) is 3.98. The van der Waals surface area contributed by atoms with E-state index >= 15 is 0 Å². The van der Waals surface area contributed by atoms with Crippen molar-refractivity contribution in [2.45, 2.75) is 20.5 Å². The fraction of sp³-hybridized carbons (Fsp3) is 0.273. The smallest absolute Gasteiger partial charge is 0.348 e. The molecule has 6 nitrogen and oxygen atoms in total. The second-order valence-electron chi connectivity index (χ2n) is 6.08. The number of carbonyl (C=O) groups is 1. The summed E-state index contributed by atoms with van der Waals surface area (Å²) in [4.78, 5) is 11.7. The van der Waals surface area contributed by atoms with Crippen LogP contribution in [0.4, 0.5) is 0 Å². The molecule has 0 aliphatic carbocycles. The first kappa shape index (κ1) is 20.8. The molecule has 0 saturated heterocycles. The Bertz CT molecular complexity index is 918. The number of para-hydroxylation sites is 1. The molecular formula is C22H23NO5. The summed E-state index contributed by atoms with van der Waals surface area (Å²) in [6.45, 7) is 4.16. The predicted molar refractivity (Wildman–Crippen MR) is 105 cm³/mol. The molecule has 0 saturated carbocycles. The topological polar surface area (TPSA) is 77.8 Å². The van der Waals surface area contributed by atoms with Crippen LogP contribution < -0.4 is 14.2 Å². The van der Waals surface area contributed by atoms with Gasteiger partial charge in [-0.25, -0.2) is 4.79 Å². The first-order valence-corrected chi connectivity index (χ1v) is 8.59. The van der Waals surface area contributed by atoms with Crippen LogP contribution >= 0.6 is 0 Å². The van der Waals surface area contributed by atoms with Crippen LogP contribution in [0.3, 0.4) is 0 Å². The number of ether oxygens (including phenoxy) is 4. The molecule has 2 aromatic rings. The first-order chi connectivity index (χ1) is 13.4. The molecule has 0 radical (unpaired) electrons. The lowest BCUT2D eigenvalue weighted by atomic mass is 9.98. The van der Waals surface area contributed by atoms with Gasteiger partial charge in [0, 0.05) is 0 Å². The van der Waals surface area contributed by atoms with Gasteiger partial charge >= 0.3 is 5.97 Å². The molecule has 0 fully saturated rings. The van der Waals surface area contributed by atoms with Crippen molar-refractivity contribution in [3.05, 3.63) is 58.2 Å². The summed E-state index contributed by atoms with van der Waals surface area (Å²) in [5.74, 6) is 0.985. The number of nitriles is 1. The first-order valence-electron chi connectivity index (χ1n) is 8.59. The quantitative estimate of drug-likeness (QED) is 0.410. The third kappa shape index (κ3) is 4.63. The number of benzene rings is 2. The molecule has 6 heteroatoms. The van der Waals surface area contributed by atoms with E-state index in [1.54, 1.807) is 26.4 Å². The molecule has 0 aliphatic rings. The summed E-state index contributed by atoms with van der Waals surface area (Å²) < 4.78 is 21.3. The average Bonchev–Trinajstić information content (AvgIpc) is 2.71. The standard InChI is InChI=1S/C22H23NO5/c1-14-9-15(2)18(11-16(14)10-17(12-23)22(24)27-5)13-28-21-19(25-3)7-6-8-20(21)26-4/h6-11H,13H2,1-5H3. The Morgan fingerprint density at radius 1 is 1.07 bits per heavy atom. The van der Waals surface area contributed by atoms with E-state index < -0.39 is 5.97 Å². The lowest BCUT2D eigenvalue weighted by Crippen LogP contribution is -2.04. The highest BCUT2D eigenvalue weighted by atomic mass is 16.5. The Hall–Kier alpha value is -3.46. The zero-order chi connectivity index (χ0) is 20.7. The van der Waals surface area contributed by atoms with Gasteiger partial charge in [0.25, 0.3) is 0 Å². The van der Waals surface area contributed by atoms with E-state index in [4.69, 9.17) is 14.2 Å². The van der Waals surface area contributed by atoms with Crippen molar-refractivity contribution in [3.63, 3.8) is 0 Å². The average molecular weight is 381 g/mol. The van der Waals surface area contributed by atoms with Gasteiger partial charge in [-0.05, 0) is 60.4 Å². The molecule has 0 amide bonds. The minimum atomic E-state index is -0.668. The minimum Gasteiger partial charge on any atom is -0.493 e. The second-order valence-corrected chi connectivity index (χ2v) is 6.08. The van der Waals surface area contributed by atoms with Crippen LogP contribution in [0.2, 0.25) is 0 Å². The molecule has 0 atom stereocenters. The summed E-state index contributed by atoms with van der Waals surface area (Å²) in [7, 11) is 4.38. The third-order valence-electron chi connectivity index (χ3n) is 4.30. The molecule has 0 aromatic heterocycles. The van der Waals surface area contributed by atoms with E-state index in [0.29, 0.717) is 17.2 Å². The molecule has 28 heavy (non-hydrogen) atoms. The van der Waals surface area contributed by atoms with Crippen LogP contribution in [0.25, 0.3) is 6.08 Å². The number of carbonyl (C=O) groups excluding carboxylic acids is 1. The monoisotopic (exact) mass is 381 g/mol. The zero-order valence-corrected chi connectivity index (χ0v) is 16.7. The van der Waals surface area contributed by atoms with Crippen LogP contribution in [-0.4, -0.2) is 27.3 Å². The third-order valence-corrected chi connectivity index (χ3v) is 4.30. The van der Waals surface area contributed by atoms with Gasteiger partial charge in [-0.1, -0.05) is 12.1 Å². The summed E-state index contributed by atoms with van der Waals surface area (Å²) in [6, 6.07) is 11.2. The zero-order valence-electron chi connectivity index (χ0n) is 16.7. The van der Waals surface area contributed by atoms with Crippen molar-refractivity contribution >= 4 is 12.0 Å². The Kier molecular flexibility index (Phi) is 7.05. The summed E-state index contributed by atoms with van der Waals surface area (Å²) >= 11 is 0. The number of esters is 1. The van der Waals surface area contributed by atoms with Crippen LogP contribution in [0.5, 0.6) is 17.2 Å². The normalized spacial score (nSPS) is 10.8. The van der Waals surface area contributed by atoms with Crippen molar-refractivity contribution in [3.8, 4) is 23.3 Å². The van der Waals surface area contributed by atoms with Crippen molar-refractivity contribution in [1.29, 1.82) is 5.26 Å². The molecule has 0 heterocycles. The van der Waals surface area contributed by atoms with Gasteiger partial charge in [0.1, 0.15) is 18.2 Å². The minimum absolute atomic E-state index is 0.0623. The second kappa shape index (κ2) is 9.47. The fourth-order valence-corrected chi connectivity index (χ4v) is 2.74. The van der Waals surface area contributed by atoms with E-state index in [1.165, 1.54) is 13.2 Å². The summed E-state index contributed by atoms with van der Waals surface area (Å²) in [5, 5.41) is 9.20. The highest BCUT2D eigenvalue weighted by Crippen LogP contribution is 2.37. The SMILES string of the molecule is COC(=O)C(C#N)=Cc1cc(COc2c(OC)cccc2OC)c(C)cc1C. The summed E-state index contributed by atoms with van der Waals surface area (Å²) in [6.07, 6.45) is 1.52. The van der Waals surface area contributed by atoms with Crippen LogP contribution in [0.15, 0.2) is 35.9 Å². The molecule has 0 bridgehead atoms. The highest BCUT2D eigenvalue weighted by Gasteiger charge is 2.14. The Morgan fingerprint density at radius 2 is 1.71 bits per heavy atom. The lowest BCUT2D eigenvalue weighted by molar-refractivity contribution is -0.135. The van der Waals surface area contributed by atoms with Gasteiger partial charge in [-0.15, -0.1) is 0 Å². The van der Waals surface area contributed by atoms with E-state index in [-0.39, 0.29) is 12.2 Å². The molecule has 0 aliphatic heterocycles. The van der Waals surface area contributed by atoms with Crippen molar-refractivity contribution in [1.82, 2.24) is 0 Å². The number of nitrogens with zero attached hydrogens (tertiary/aromatic N) is 1. The van der Waals surface area contributed by atoms with Gasteiger partial charge in [-0.3, -0.25) is 0 Å². The lowest BCUT2D eigenvalue weighted by Gasteiger charge is -2.16. The van der Waals surface area contributed by atoms with Crippen LogP contribution in [0, 0.1) is 25.2 Å². The maximum absolute atomic E-state index is 11.7. The molecule has 0 spiro atoms. The number of rotatable bonds is 7. The van der Waals surface area contributed by atoms with Crippen molar-refractivity contribution in [2.24, 2.45) is 0 Å². The summed E-state index contributed by atoms with van der Waals surface area (Å²) in [5.41, 5.74) is 3.56. The number of hydrogen-bond donors (Lipinski definition) is 0. The van der Waals surface area contributed by atoms with Gasteiger partial charge in [0.2, 0.25) is 5.75 Å². The molecular weight excluding hydrogens is 358 g/mol. The maximum atomic E-state index is 11.7. The molecule has 0 N–H and O–H groups in total. The largest absolute Gasteiger partial charge is 0.493 e.